The van der Waals surface area contributed by atoms with Crippen LogP contribution >= 0.6 is 0 Å². The Kier molecular flexibility index (Phi) is 6.68. The summed E-state index contributed by atoms with van der Waals surface area (Å²) in [6.07, 6.45) is 2.51. The van der Waals surface area contributed by atoms with Crippen molar-refractivity contribution in [1.82, 2.24) is 5.43 Å². The lowest BCUT2D eigenvalue weighted by Crippen LogP contribution is -2.18. The second-order valence-electron chi connectivity index (χ2n) is 6.31. The molecule has 0 aliphatic carbocycles. The number of amides is 1. The molecule has 0 aromatic heterocycles. The summed E-state index contributed by atoms with van der Waals surface area (Å²) in [6.45, 7) is 2.66. The molecule has 29 heavy (non-hydrogen) atoms. The summed E-state index contributed by atoms with van der Waals surface area (Å²) in [7, 11) is 3.06. The van der Waals surface area contributed by atoms with Crippen LogP contribution in [-0.2, 0) is 0 Å². The van der Waals surface area contributed by atoms with Gasteiger partial charge in [0.2, 0.25) is 0 Å². The van der Waals surface area contributed by atoms with E-state index in [4.69, 9.17) is 14.2 Å². The Morgan fingerprint density at radius 2 is 1.86 bits per heavy atom. The highest BCUT2D eigenvalue weighted by molar-refractivity contribution is 6.03. The molecule has 3 rings (SSSR count). The van der Waals surface area contributed by atoms with Gasteiger partial charge in [-0.05, 0) is 35.4 Å². The first-order valence-electron chi connectivity index (χ1n) is 9.38. The summed E-state index contributed by atoms with van der Waals surface area (Å²) in [5.41, 5.74) is 3.75. The number of ether oxygens (including phenoxy) is 3. The lowest BCUT2D eigenvalue weighted by molar-refractivity contribution is 0.0952. The lowest BCUT2D eigenvalue weighted by atomic mass is 10.0. The van der Waals surface area contributed by atoms with Crippen molar-refractivity contribution in [2.24, 2.45) is 5.10 Å². The van der Waals surface area contributed by atoms with Crippen molar-refractivity contribution in [2.75, 3.05) is 20.8 Å². The number of carbonyl (C=O) groups is 1. The van der Waals surface area contributed by atoms with Gasteiger partial charge in [0.25, 0.3) is 5.91 Å². The Balaban J connectivity index is 1.86. The minimum absolute atomic E-state index is 0.367. The molecule has 0 unspecified atom stereocenters. The van der Waals surface area contributed by atoms with Crippen LogP contribution < -0.4 is 19.6 Å². The van der Waals surface area contributed by atoms with E-state index in [-0.39, 0.29) is 5.91 Å². The zero-order valence-electron chi connectivity index (χ0n) is 16.8. The van der Waals surface area contributed by atoms with Crippen LogP contribution in [0.2, 0.25) is 0 Å². The molecule has 0 saturated heterocycles. The zero-order chi connectivity index (χ0) is 20.6. The van der Waals surface area contributed by atoms with E-state index in [0.717, 1.165) is 28.5 Å². The summed E-state index contributed by atoms with van der Waals surface area (Å²) >= 11 is 0. The Labute approximate surface area is 170 Å². The largest absolute Gasteiger partial charge is 0.497 e. The first-order chi connectivity index (χ1) is 14.2. The van der Waals surface area contributed by atoms with E-state index in [2.05, 4.69) is 17.5 Å². The molecule has 1 amide bonds. The van der Waals surface area contributed by atoms with Gasteiger partial charge in [0, 0.05) is 11.6 Å². The number of hydrogen-bond acceptors (Lipinski definition) is 5. The number of benzene rings is 3. The molecule has 6 nitrogen and oxygen atoms in total. The first kappa shape index (κ1) is 20.2. The van der Waals surface area contributed by atoms with Gasteiger partial charge in [-0.15, -0.1) is 0 Å². The van der Waals surface area contributed by atoms with E-state index < -0.39 is 0 Å². The molecule has 1 N–H and O–H groups in total. The van der Waals surface area contributed by atoms with E-state index >= 15 is 0 Å². The van der Waals surface area contributed by atoms with Crippen LogP contribution in [0.4, 0.5) is 0 Å². The number of carbonyl (C=O) groups excluding carboxylic acids is 1. The van der Waals surface area contributed by atoms with Crippen molar-refractivity contribution in [3.8, 4) is 17.2 Å². The molecule has 0 aliphatic rings. The summed E-state index contributed by atoms with van der Waals surface area (Å²) in [4.78, 5) is 12.6. The van der Waals surface area contributed by atoms with E-state index in [1.54, 1.807) is 31.5 Å². The molecule has 0 fully saturated rings. The molecule has 0 saturated carbocycles. The Morgan fingerprint density at radius 3 is 2.62 bits per heavy atom. The van der Waals surface area contributed by atoms with Gasteiger partial charge in [-0.1, -0.05) is 37.3 Å². The average molecular weight is 392 g/mol. The molecule has 150 valence electrons. The van der Waals surface area contributed by atoms with Crippen molar-refractivity contribution in [3.63, 3.8) is 0 Å². The summed E-state index contributed by atoms with van der Waals surface area (Å²) in [5.74, 6) is 1.37. The third-order valence-electron chi connectivity index (χ3n) is 4.41. The lowest BCUT2D eigenvalue weighted by Gasteiger charge is -2.11. The highest BCUT2D eigenvalue weighted by Gasteiger charge is 2.13. The van der Waals surface area contributed by atoms with Gasteiger partial charge in [0.1, 0.15) is 17.2 Å². The van der Waals surface area contributed by atoms with E-state index in [1.807, 2.05) is 36.4 Å². The van der Waals surface area contributed by atoms with Crippen LogP contribution in [0.5, 0.6) is 17.2 Å². The minimum atomic E-state index is -0.378. The van der Waals surface area contributed by atoms with Gasteiger partial charge >= 0.3 is 0 Å². The molecular weight excluding hydrogens is 368 g/mol. The average Bonchev–Trinajstić information content (AvgIpc) is 2.77. The molecule has 0 spiro atoms. The first-order valence-corrected chi connectivity index (χ1v) is 9.38. The highest BCUT2D eigenvalue weighted by Crippen LogP contribution is 2.27. The molecule has 0 atom stereocenters. The number of nitrogens with zero attached hydrogens (tertiary/aromatic N) is 1. The maximum Gasteiger partial charge on any atom is 0.275 e. The fourth-order valence-electron chi connectivity index (χ4n) is 2.95. The molecule has 0 bridgehead atoms. The molecule has 6 heteroatoms. The molecule has 0 aliphatic heterocycles. The third kappa shape index (κ3) is 4.66. The normalized spacial score (nSPS) is 10.9. The monoisotopic (exact) mass is 392 g/mol. The molecule has 3 aromatic rings. The second kappa shape index (κ2) is 9.59. The standard InChI is InChI=1S/C23H24N2O4/c1-4-13-29-21-12-9-16-7-5-6-8-18(16)20(21)15-24-25-23(26)19-11-10-17(27-2)14-22(19)28-3/h5-12,14-15H,4,13H2,1-3H3,(H,25,26). The van der Waals surface area contributed by atoms with Crippen LogP contribution in [0.15, 0.2) is 59.7 Å². The molecule has 0 heterocycles. The quantitative estimate of drug-likeness (QED) is 0.455. The van der Waals surface area contributed by atoms with Crippen LogP contribution in [0.3, 0.4) is 0 Å². The van der Waals surface area contributed by atoms with Crippen molar-refractivity contribution >= 4 is 22.9 Å². The maximum absolute atomic E-state index is 12.6. The van der Waals surface area contributed by atoms with Gasteiger partial charge in [0.15, 0.2) is 0 Å². The van der Waals surface area contributed by atoms with Gasteiger partial charge in [-0.25, -0.2) is 5.43 Å². The van der Waals surface area contributed by atoms with Crippen molar-refractivity contribution in [3.05, 3.63) is 65.7 Å². The molecular formula is C23H24N2O4. The van der Waals surface area contributed by atoms with Crippen LogP contribution in [0.1, 0.15) is 29.3 Å². The number of hydrazone groups is 1. The summed E-state index contributed by atoms with van der Waals surface area (Å²) in [6, 6.07) is 16.9. The number of fused-ring (bicyclic) bond motifs is 1. The minimum Gasteiger partial charge on any atom is -0.497 e. The van der Waals surface area contributed by atoms with Gasteiger partial charge in [0.05, 0.1) is 32.6 Å². The number of hydrogen-bond donors (Lipinski definition) is 1. The van der Waals surface area contributed by atoms with E-state index in [9.17, 15) is 4.79 Å². The summed E-state index contributed by atoms with van der Waals surface area (Å²) < 4.78 is 16.3. The fraction of sp³-hybridized carbons (Fsp3) is 0.217. The van der Waals surface area contributed by atoms with E-state index in [1.165, 1.54) is 7.11 Å². The smallest absolute Gasteiger partial charge is 0.275 e. The van der Waals surface area contributed by atoms with Crippen LogP contribution in [0, 0.1) is 0 Å². The van der Waals surface area contributed by atoms with E-state index in [0.29, 0.717) is 23.7 Å². The Morgan fingerprint density at radius 1 is 1.03 bits per heavy atom. The predicted molar refractivity (Wildman–Crippen MR) is 114 cm³/mol. The summed E-state index contributed by atoms with van der Waals surface area (Å²) in [5, 5.41) is 6.23. The zero-order valence-corrected chi connectivity index (χ0v) is 16.8. The number of rotatable bonds is 8. The molecule has 3 aromatic carbocycles. The van der Waals surface area contributed by atoms with Crippen molar-refractivity contribution < 1.29 is 19.0 Å². The number of nitrogens with one attached hydrogen (secondary N) is 1. The third-order valence-corrected chi connectivity index (χ3v) is 4.41. The van der Waals surface area contributed by atoms with Gasteiger partial charge in [-0.3, -0.25) is 4.79 Å². The second-order valence-corrected chi connectivity index (χ2v) is 6.31. The maximum atomic E-state index is 12.6. The highest BCUT2D eigenvalue weighted by atomic mass is 16.5. The Bertz CT molecular complexity index is 1030. The Hall–Kier alpha value is -3.54. The number of methoxy groups -OCH3 is 2. The van der Waals surface area contributed by atoms with Crippen molar-refractivity contribution in [2.45, 2.75) is 13.3 Å². The van der Waals surface area contributed by atoms with Gasteiger partial charge in [-0.2, -0.15) is 5.10 Å². The van der Waals surface area contributed by atoms with Crippen molar-refractivity contribution in [1.29, 1.82) is 0 Å². The topological polar surface area (TPSA) is 69.2 Å². The fourth-order valence-corrected chi connectivity index (χ4v) is 2.95. The molecule has 0 radical (unpaired) electrons. The predicted octanol–water partition coefficient (Wildman–Crippen LogP) is 4.41. The SMILES string of the molecule is CCCOc1ccc2ccccc2c1C=NNC(=O)c1ccc(OC)cc1OC. The van der Waals surface area contributed by atoms with Crippen LogP contribution in [0.25, 0.3) is 10.8 Å². The van der Waals surface area contributed by atoms with Crippen LogP contribution in [-0.4, -0.2) is 32.9 Å². The van der Waals surface area contributed by atoms with Gasteiger partial charge < -0.3 is 14.2 Å².